The van der Waals surface area contributed by atoms with Crippen LogP contribution in [0, 0.1) is 5.92 Å². The van der Waals surface area contributed by atoms with E-state index in [1.165, 1.54) is 0 Å². The molecule has 0 aliphatic carbocycles. The van der Waals surface area contributed by atoms with E-state index in [1.54, 1.807) is 16.9 Å². The minimum atomic E-state index is 0.122. The molecule has 2 atom stereocenters. The average molecular weight is 350 g/mol. The van der Waals surface area contributed by atoms with Gasteiger partial charge in [-0.3, -0.25) is 4.79 Å². The topological polar surface area (TPSA) is 68.3 Å². The molecule has 5 heterocycles. The third-order valence-electron chi connectivity index (χ3n) is 5.68. The van der Waals surface area contributed by atoms with Gasteiger partial charge in [0.1, 0.15) is 6.33 Å². The van der Waals surface area contributed by atoms with Gasteiger partial charge >= 0.3 is 0 Å². The van der Waals surface area contributed by atoms with E-state index < -0.39 is 0 Å². The number of piperidine rings is 1. The highest BCUT2D eigenvalue weighted by molar-refractivity contribution is 5.69. The molecule has 7 heteroatoms. The average Bonchev–Trinajstić information content (AvgIpc) is 3.10. The maximum atomic E-state index is 12.2. The van der Waals surface area contributed by atoms with Crippen LogP contribution in [0.2, 0.25) is 0 Å². The second kappa shape index (κ2) is 5.65. The van der Waals surface area contributed by atoms with E-state index in [1.807, 2.05) is 10.6 Å². The van der Waals surface area contributed by atoms with Crippen molar-refractivity contribution < 1.29 is 0 Å². The normalized spacial score (nSPS) is 22.0. The first-order valence-electron chi connectivity index (χ1n) is 9.26. The van der Waals surface area contributed by atoms with E-state index >= 15 is 0 Å². The number of fused-ring (bicyclic) bond motifs is 5. The van der Waals surface area contributed by atoms with Crippen LogP contribution in [0.5, 0.6) is 0 Å². The summed E-state index contributed by atoms with van der Waals surface area (Å²) in [5.74, 6) is 1.18. The lowest BCUT2D eigenvalue weighted by atomic mass is 9.83. The molecule has 1 saturated heterocycles. The van der Waals surface area contributed by atoms with E-state index in [9.17, 15) is 4.79 Å². The Bertz CT molecular complexity index is 1040. The fraction of sp³-hybridized carbons (Fsp3) is 0.474. The fourth-order valence-corrected chi connectivity index (χ4v) is 4.44. The van der Waals surface area contributed by atoms with Crippen molar-refractivity contribution in [3.05, 3.63) is 52.3 Å². The van der Waals surface area contributed by atoms with Crippen LogP contribution in [0.25, 0.3) is 5.65 Å². The molecule has 2 aliphatic heterocycles. The standard InChI is InChI=1S/C19H22N6O/c1-12(2)15-7-17(19-21-20-11-25(19)22-15)23-8-13-6-14(10-23)16-4-3-5-18(26)24(16)9-13/h3-5,7,11-14H,6,8-10H2,1-2H3/t13-,14+/m0/s1. The van der Waals surface area contributed by atoms with Crippen LogP contribution < -0.4 is 10.5 Å². The molecular weight excluding hydrogens is 328 g/mol. The van der Waals surface area contributed by atoms with Crippen LogP contribution in [0.1, 0.15) is 43.5 Å². The van der Waals surface area contributed by atoms with Crippen molar-refractivity contribution in [3.63, 3.8) is 0 Å². The first kappa shape index (κ1) is 15.5. The molecule has 1 fully saturated rings. The second-order valence-electron chi connectivity index (χ2n) is 7.81. The molecule has 3 aromatic heterocycles. The van der Waals surface area contributed by atoms with Gasteiger partial charge < -0.3 is 9.47 Å². The van der Waals surface area contributed by atoms with Gasteiger partial charge in [-0.25, -0.2) is 0 Å². The van der Waals surface area contributed by atoms with Crippen molar-refractivity contribution in [1.29, 1.82) is 0 Å². The second-order valence-corrected chi connectivity index (χ2v) is 7.81. The Labute approximate surface area is 151 Å². The third kappa shape index (κ3) is 2.34. The van der Waals surface area contributed by atoms with Crippen molar-refractivity contribution in [2.45, 2.75) is 38.6 Å². The predicted octanol–water partition coefficient (Wildman–Crippen LogP) is 2.03. The molecule has 0 unspecified atom stereocenters. The highest BCUT2D eigenvalue weighted by Gasteiger charge is 2.35. The zero-order valence-electron chi connectivity index (χ0n) is 15.0. The van der Waals surface area contributed by atoms with Gasteiger partial charge in [-0.15, -0.1) is 10.2 Å². The summed E-state index contributed by atoms with van der Waals surface area (Å²) < 4.78 is 3.75. The number of aromatic nitrogens is 5. The quantitative estimate of drug-likeness (QED) is 0.707. The summed E-state index contributed by atoms with van der Waals surface area (Å²) in [7, 11) is 0. The Morgan fingerprint density at radius 1 is 1.19 bits per heavy atom. The lowest BCUT2D eigenvalue weighted by molar-refractivity contribution is 0.281. The van der Waals surface area contributed by atoms with E-state index in [2.05, 4.69) is 46.2 Å². The summed E-state index contributed by atoms with van der Waals surface area (Å²) in [4.78, 5) is 14.6. The van der Waals surface area contributed by atoms with Gasteiger partial charge in [0.15, 0.2) is 0 Å². The van der Waals surface area contributed by atoms with Gasteiger partial charge in [-0.2, -0.15) is 9.61 Å². The molecule has 0 radical (unpaired) electrons. The largest absolute Gasteiger partial charge is 0.367 e. The van der Waals surface area contributed by atoms with Crippen LogP contribution in [0.3, 0.4) is 0 Å². The van der Waals surface area contributed by atoms with Gasteiger partial charge in [-0.1, -0.05) is 19.9 Å². The Kier molecular flexibility index (Phi) is 3.38. The van der Waals surface area contributed by atoms with Crippen LogP contribution in [0.4, 0.5) is 5.69 Å². The van der Waals surface area contributed by atoms with Crippen LogP contribution in [-0.4, -0.2) is 37.5 Å². The van der Waals surface area contributed by atoms with E-state index in [-0.39, 0.29) is 5.56 Å². The monoisotopic (exact) mass is 350 g/mol. The molecule has 26 heavy (non-hydrogen) atoms. The van der Waals surface area contributed by atoms with E-state index in [0.29, 0.717) is 17.8 Å². The minimum Gasteiger partial charge on any atom is -0.367 e. The maximum Gasteiger partial charge on any atom is 0.250 e. The van der Waals surface area contributed by atoms with E-state index in [0.717, 1.165) is 48.8 Å². The molecule has 3 aromatic rings. The molecule has 0 aromatic carbocycles. The molecule has 7 nitrogen and oxygen atoms in total. The lowest BCUT2D eigenvalue weighted by Gasteiger charge is -2.43. The van der Waals surface area contributed by atoms with Gasteiger partial charge in [0, 0.05) is 37.3 Å². The van der Waals surface area contributed by atoms with Crippen LogP contribution >= 0.6 is 0 Å². The number of anilines is 1. The summed E-state index contributed by atoms with van der Waals surface area (Å²) in [5.41, 5.74) is 4.23. The summed E-state index contributed by atoms with van der Waals surface area (Å²) >= 11 is 0. The number of pyridine rings is 1. The Balaban J connectivity index is 1.58. The van der Waals surface area contributed by atoms with Crippen molar-refractivity contribution in [1.82, 2.24) is 24.4 Å². The first-order chi connectivity index (χ1) is 12.6. The van der Waals surface area contributed by atoms with E-state index in [4.69, 9.17) is 0 Å². The summed E-state index contributed by atoms with van der Waals surface area (Å²) in [5, 5.41) is 13.0. The molecular formula is C19H22N6O. The Hall–Kier alpha value is -2.70. The minimum absolute atomic E-state index is 0.122. The van der Waals surface area contributed by atoms with Crippen LogP contribution in [0.15, 0.2) is 35.4 Å². The van der Waals surface area contributed by atoms with Gasteiger partial charge in [0.05, 0.1) is 11.4 Å². The van der Waals surface area contributed by atoms with Crippen molar-refractivity contribution >= 4 is 11.3 Å². The number of hydrogen-bond donors (Lipinski definition) is 0. The van der Waals surface area contributed by atoms with Crippen molar-refractivity contribution in [3.8, 4) is 0 Å². The molecule has 0 saturated carbocycles. The number of rotatable bonds is 2. The first-order valence-corrected chi connectivity index (χ1v) is 9.26. The maximum absolute atomic E-state index is 12.2. The molecule has 0 amide bonds. The van der Waals surface area contributed by atoms with Crippen LogP contribution in [-0.2, 0) is 6.54 Å². The smallest absolute Gasteiger partial charge is 0.250 e. The molecule has 0 spiro atoms. The highest BCUT2D eigenvalue weighted by atomic mass is 16.1. The Morgan fingerprint density at radius 2 is 2.08 bits per heavy atom. The van der Waals surface area contributed by atoms with Gasteiger partial charge in [0.2, 0.25) is 5.65 Å². The lowest BCUT2D eigenvalue weighted by Crippen LogP contribution is -2.47. The van der Waals surface area contributed by atoms with Crippen molar-refractivity contribution in [2.24, 2.45) is 5.92 Å². The Morgan fingerprint density at radius 3 is 2.92 bits per heavy atom. The number of nitrogens with zero attached hydrogens (tertiary/aromatic N) is 6. The fourth-order valence-electron chi connectivity index (χ4n) is 4.44. The number of hydrogen-bond acceptors (Lipinski definition) is 5. The van der Waals surface area contributed by atoms with Crippen molar-refractivity contribution in [2.75, 3.05) is 18.0 Å². The van der Waals surface area contributed by atoms with Gasteiger partial charge in [-0.05, 0) is 30.4 Å². The molecule has 0 N–H and O–H groups in total. The molecule has 134 valence electrons. The third-order valence-corrected chi connectivity index (χ3v) is 5.68. The predicted molar refractivity (Wildman–Crippen MR) is 98.6 cm³/mol. The van der Waals surface area contributed by atoms with Gasteiger partial charge in [0.25, 0.3) is 5.56 Å². The molecule has 2 aliphatic rings. The zero-order chi connectivity index (χ0) is 17.8. The highest BCUT2D eigenvalue weighted by Crippen LogP contribution is 2.38. The zero-order valence-corrected chi connectivity index (χ0v) is 15.0. The summed E-state index contributed by atoms with van der Waals surface area (Å²) in [6.07, 6.45) is 2.81. The summed E-state index contributed by atoms with van der Waals surface area (Å²) in [6, 6.07) is 7.81. The molecule has 2 bridgehead atoms. The summed E-state index contributed by atoms with van der Waals surface area (Å²) in [6.45, 7) is 6.92. The SMILES string of the molecule is CC(C)c1cc(N2C[C@@H]3C[C@H](C2)c2cccc(=O)n2C3)c2nncn2n1. The molecule has 5 rings (SSSR count).